The van der Waals surface area contributed by atoms with E-state index in [2.05, 4.69) is 0 Å². The average molecular weight is 402 g/mol. The average Bonchev–Trinajstić information content (AvgIpc) is 2.78. The Hall–Kier alpha value is -3.21. The molecular formula is C25H26N2O3. The zero-order chi connectivity index (χ0) is 21.1. The molecule has 0 aromatic heterocycles. The van der Waals surface area contributed by atoms with Crippen molar-refractivity contribution in [2.24, 2.45) is 0 Å². The fourth-order valence-electron chi connectivity index (χ4n) is 4.32. The van der Waals surface area contributed by atoms with E-state index in [1.165, 1.54) is 11.8 Å². The highest BCUT2D eigenvalue weighted by atomic mass is 16.2. The fraction of sp³-hybridized carbons (Fsp3) is 0.320. The van der Waals surface area contributed by atoms with E-state index < -0.39 is 0 Å². The number of fused-ring (bicyclic) bond motifs is 1. The molecule has 30 heavy (non-hydrogen) atoms. The molecule has 2 aliphatic rings. The largest absolute Gasteiger partial charge is 0.367 e. The van der Waals surface area contributed by atoms with Gasteiger partial charge in [-0.1, -0.05) is 54.6 Å². The third-order valence-electron chi connectivity index (χ3n) is 5.86. The Balaban J connectivity index is 1.78. The molecule has 2 aromatic carbocycles. The molecule has 1 aliphatic heterocycles. The molecule has 5 nitrogen and oxygen atoms in total. The van der Waals surface area contributed by atoms with Crippen molar-refractivity contribution in [1.82, 2.24) is 9.80 Å². The third-order valence-corrected chi connectivity index (χ3v) is 5.86. The van der Waals surface area contributed by atoms with Gasteiger partial charge in [0.2, 0.25) is 17.5 Å². The molecule has 154 valence electrons. The number of ketones is 2. The highest BCUT2D eigenvalue weighted by molar-refractivity contribution is 6.27. The van der Waals surface area contributed by atoms with E-state index >= 15 is 0 Å². The van der Waals surface area contributed by atoms with Crippen LogP contribution in [0.2, 0.25) is 0 Å². The van der Waals surface area contributed by atoms with Gasteiger partial charge >= 0.3 is 0 Å². The zero-order valence-electron chi connectivity index (χ0n) is 17.3. The van der Waals surface area contributed by atoms with Crippen molar-refractivity contribution in [3.63, 3.8) is 0 Å². The van der Waals surface area contributed by atoms with Gasteiger partial charge in [-0.15, -0.1) is 0 Å². The number of likely N-dealkylation sites (tertiary alicyclic amines) is 1. The number of benzene rings is 2. The normalized spacial score (nSPS) is 16.5. The predicted molar refractivity (Wildman–Crippen MR) is 115 cm³/mol. The molecule has 0 unspecified atom stereocenters. The minimum absolute atomic E-state index is 0.159. The van der Waals surface area contributed by atoms with Crippen molar-refractivity contribution < 1.29 is 14.4 Å². The molecule has 1 heterocycles. The van der Waals surface area contributed by atoms with Crippen LogP contribution in [0.5, 0.6) is 0 Å². The first-order chi connectivity index (χ1) is 14.6. The van der Waals surface area contributed by atoms with Crippen LogP contribution in [-0.2, 0) is 11.2 Å². The molecule has 0 N–H and O–H groups in total. The fourth-order valence-corrected chi connectivity index (χ4v) is 4.32. The number of Topliss-reactive ketones (excluding diaryl/α,β-unsaturated/α-hetero) is 2. The summed E-state index contributed by atoms with van der Waals surface area (Å²) < 4.78 is 0. The van der Waals surface area contributed by atoms with Crippen molar-refractivity contribution in [2.45, 2.75) is 32.6 Å². The zero-order valence-corrected chi connectivity index (χ0v) is 17.3. The van der Waals surface area contributed by atoms with Crippen LogP contribution in [0.15, 0.2) is 66.0 Å². The summed E-state index contributed by atoms with van der Waals surface area (Å²) in [5.74, 6) is -0.627. The lowest BCUT2D eigenvalue weighted by Gasteiger charge is -2.36. The lowest BCUT2D eigenvalue weighted by atomic mass is 9.88. The van der Waals surface area contributed by atoms with Crippen molar-refractivity contribution in [1.29, 1.82) is 0 Å². The Bertz CT molecular complexity index is 1000. The summed E-state index contributed by atoms with van der Waals surface area (Å²) in [4.78, 5) is 43.2. The summed E-state index contributed by atoms with van der Waals surface area (Å²) in [5, 5.41) is 0. The first-order valence-corrected chi connectivity index (χ1v) is 10.6. The number of allylic oxidation sites excluding steroid dienone is 2. The molecule has 0 radical (unpaired) electrons. The maximum absolute atomic E-state index is 13.5. The topological polar surface area (TPSA) is 57.7 Å². The van der Waals surface area contributed by atoms with Gasteiger partial charge in [0.15, 0.2) is 0 Å². The lowest BCUT2D eigenvalue weighted by Crippen LogP contribution is -2.44. The quantitative estimate of drug-likeness (QED) is 0.762. The summed E-state index contributed by atoms with van der Waals surface area (Å²) in [5.41, 5.74) is 2.52. The Kier molecular flexibility index (Phi) is 5.79. The van der Waals surface area contributed by atoms with Crippen LogP contribution in [-0.4, -0.2) is 46.9 Å². The number of nitrogens with zero attached hydrogens (tertiary/aromatic N) is 2. The molecule has 0 bridgehead atoms. The molecule has 0 saturated carbocycles. The van der Waals surface area contributed by atoms with Gasteiger partial charge in [-0.05, 0) is 31.2 Å². The van der Waals surface area contributed by atoms with E-state index in [9.17, 15) is 14.4 Å². The van der Waals surface area contributed by atoms with E-state index in [-0.39, 0.29) is 23.2 Å². The van der Waals surface area contributed by atoms with Gasteiger partial charge in [-0.3, -0.25) is 14.4 Å². The van der Waals surface area contributed by atoms with E-state index in [4.69, 9.17) is 0 Å². The molecule has 0 spiro atoms. The van der Waals surface area contributed by atoms with Crippen molar-refractivity contribution in [2.75, 3.05) is 19.6 Å². The number of carbonyl (C=O) groups excluding carboxylic acids is 3. The SMILES string of the molecule is CC(=O)N(CCc1ccccc1)C1=C(N2CCCCC2)C(=O)c2ccccc2C1=O. The number of hydrogen-bond donors (Lipinski definition) is 0. The molecule has 1 saturated heterocycles. The Morgan fingerprint density at radius 2 is 1.47 bits per heavy atom. The highest BCUT2D eigenvalue weighted by Crippen LogP contribution is 2.32. The van der Waals surface area contributed by atoms with E-state index in [0.29, 0.717) is 29.8 Å². The van der Waals surface area contributed by atoms with Crippen LogP contribution < -0.4 is 0 Å². The second-order valence-corrected chi connectivity index (χ2v) is 7.86. The Labute approximate surface area is 177 Å². The van der Waals surface area contributed by atoms with Gasteiger partial charge in [0.05, 0.1) is 0 Å². The molecule has 2 aromatic rings. The summed E-state index contributed by atoms with van der Waals surface area (Å²) in [6, 6.07) is 16.8. The number of amides is 1. The Morgan fingerprint density at radius 3 is 2.10 bits per heavy atom. The second kappa shape index (κ2) is 8.66. The molecule has 1 aliphatic carbocycles. The van der Waals surface area contributed by atoms with E-state index in [1.807, 2.05) is 35.2 Å². The van der Waals surface area contributed by atoms with Crippen molar-refractivity contribution >= 4 is 17.5 Å². The third kappa shape index (κ3) is 3.80. The molecular weight excluding hydrogens is 376 g/mol. The molecule has 0 atom stereocenters. The lowest BCUT2D eigenvalue weighted by molar-refractivity contribution is -0.126. The first-order valence-electron chi connectivity index (χ1n) is 10.6. The van der Waals surface area contributed by atoms with Crippen LogP contribution in [0.25, 0.3) is 0 Å². The second-order valence-electron chi connectivity index (χ2n) is 7.86. The van der Waals surface area contributed by atoms with Crippen molar-refractivity contribution in [3.05, 3.63) is 82.7 Å². The molecule has 5 heteroatoms. The molecule has 1 fully saturated rings. The number of piperidine rings is 1. The van der Waals surface area contributed by atoms with Gasteiger partial charge in [0.1, 0.15) is 11.4 Å². The van der Waals surface area contributed by atoms with E-state index in [1.54, 1.807) is 24.3 Å². The molecule has 4 rings (SSSR count). The van der Waals surface area contributed by atoms with Crippen LogP contribution in [0, 0.1) is 0 Å². The van der Waals surface area contributed by atoms with Crippen LogP contribution in [0.4, 0.5) is 0 Å². The molecule has 1 amide bonds. The smallest absolute Gasteiger partial charge is 0.224 e. The summed E-state index contributed by atoms with van der Waals surface area (Å²) >= 11 is 0. The summed E-state index contributed by atoms with van der Waals surface area (Å²) in [7, 11) is 0. The van der Waals surface area contributed by atoms with Gasteiger partial charge < -0.3 is 9.80 Å². The predicted octanol–water partition coefficient (Wildman–Crippen LogP) is 3.85. The Morgan fingerprint density at radius 1 is 0.867 bits per heavy atom. The first kappa shape index (κ1) is 20.1. The summed E-state index contributed by atoms with van der Waals surface area (Å²) in [6.07, 6.45) is 3.68. The maximum Gasteiger partial charge on any atom is 0.224 e. The van der Waals surface area contributed by atoms with E-state index in [0.717, 1.165) is 37.9 Å². The van der Waals surface area contributed by atoms with Crippen LogP contribution in [0.1, 0.15) is 52.5 Å². The van der Waals surface area contributed by atoms with Gasteiger partial charge in [0, 0.05) is 37.7 Å². The minimum Gasteiger partial charge on any atom is -0.367 e. The monoisotopic (exact) mass is 402 g/mol. The number of carbonyl (C=O) groups is 3. The number of hydrogen-bond acceptors (Lipinski definition) is 4. The van der Waals surface area contributed by atoms with Gasteiger partial charge in [-0.2, -0.15) is 0 Å². The van der Waals surface area contributed by atoms with Crippen LogP contribution >= 0.6 is 0 Å². The van der Waals surface area contributed by atoms with Gasteiger partial charge in [-0.25, -0.2) is 0 Å². The van der Waals surface area contributed by atoms with Gasteiger partial charge in [0.25, 0.3) is 0 Å². The van der Waals surface area contributed by atoms with Crippen molar-refractivity contribution in [3.8, 4) is 0 Å². The standard InChI is InChI=1S/C25H26N2O3/c1-18(28)27(17-14-19-10-4-2-5-11-19)23-22(26-15-8-3-9-16-26)24(29)20-12-6-7-13-21(20)25(23)30/h2,4-7,10-13H,3,8-9,14-17H2,1H3. The van der Waals surface area contributed by atoms with Crippen LogP contribution in [0.3, 0.4) is 0 Å². The summed E-state index contributed by atoms with van der Waals surface area (Å²) in [6.45, 7) is 3.27. The minimum atomic E-state index is -0.242. The highest BCUT2D eigenvalue weighted by Gasteiger charge is 2.38. The maximum atomic E-state index is 13.5. The number of rotatable bonds is 5.